The number of halogens is 3. The van der Waals surface area contributed by atoms with Crippen molar-refractivity contribution in [3.8, 4) is 0 Å². The van der Waals surface area contributed by atoms with Gasteiger partial charge >= 0.3 is 6.18 Å². The molecule has 1 aliphatic carbocycles. The van der Waals surface area contributed by atoms with Crippen LogP contribution in [0.3, 0.4) is 0 Å². The summed E-state index contributed by atoms with van der Waals surface area (Å²) in [5.41, 5.74) is -1.89. The molecule has 7 nitrogen and oxygen atoms in total. The van der Waals surface area contributed by atoms with E-state index >= 15 is 0 Å². The van der Waals surface area contributed by atoms with E-state index in [1.165, 1.54) is 6.07 Å². The van der Waals surface area contributed by atoms with Gasteiger partial charge in [0.15, 0.2) is 0 Å². The van der Waals surface area contributed by atoms with E-state index < -0.39 is 23.2 Å². The first-order valence-corrected chi connectivity index (χ1v) is 13.3. The summed E-state index contributed by atoms with van der Waals surface area (Å²) in [7, 11) is 0. The van der Waals surface area contributed by atoms with Crippen molar-refractivity contribution in [1.82, 2.24) is 20.5 Å². The molecule has 12 heteroatoms. The zero-order valence-corrected chi connectivity index (χ0v) is 20.7. The quantitative estimate of drug-likeness (QED) is 0.478. The van der Waals surface area contributed by atoms with E-state index in [2.05, 4.69) is 20.5 Å². The fraction of sp³-hybridized carbons (Fsp3) is 0.522. The number of nitrogens with one attached hydrogen (secondary N) is 2. The van der Waals surface area contributed by atoms with Crippen molar-refractivity contribution in [2.45, 2.75) is 53.9 Å². The second-order valence-electron chi connectivity index (χ2n) is 8.94. The van der Waals surface area contributed by atoms with E-state index in [4.69, 9.17) is 0 Å². The van der Waals surface area contributed by atoms with Gasteiger partial charge in [-0.3, -0.25) is 14.5 Å². The zero-order chi connectivity index (χ0) is 25.2. The summed E-state index contributed by atoms with van der Waals surface area (Å²) in [6, 6.07) is 4.38. The summed E-state index contributed by atoms with van der Waals surface area (Å²) in [6.07, 6.45) is 2.25. The van der Waals surface area contributed by atoms with Crippen molar-refractivity contribution in [3.63, 3.8) is 0 Å². The lowest BCUT2D eigenvalue weighted by Gasteiger charge is -2.48. The number of aliphatic hydroxyl groups is 1. The molecule has 2 heterocycles. The maximum atomic E-state index is 12.8. The van der Waals surface area contributed by atoms with Crippen molar-refractivity contribution >= 4 is 34.9 Å². The van der Waals surface area contributed by atoms with Gasteiger partial charge in [-0.15, -0.1) is 11.3 Å². The van der Waals surface area contributed by atoms with Crippen molar-refractivity contribution in [2.75, 3.05) is 25.9 Å². The molecule has 1 aromatic carbocycles. The molecule has 2 amide bonds. The molecule has 1 saturated heterocycles. The van der Waals surface area contributed by atoms with Crippen LogP contribution in [0.5, 0.6) is 0 Å². The van der Waals surface area contributed by atoms with E-state index in [-0.39, 0.29) is 24.1 Å². The molecule has 4 rings (SSSR count). The zero-order valence-electron chi connectivity index (χ0n) is 19.1. The van der Waals surface area contributed by atoms with E-state index in [0.29, 0.717) is 32.0 Å². The second kappa shape index (κ2) is 10.5. The Hall–Kier alpha value is -2.15. The van der Waals surface area contributed by atoms with Gasteiger partial charge < -0.3 is 15.7 Å². The van der Waals surface area contributed by atoms with Crippen molar-refractivity contribution in [3.05, 3.63) is 46.5 Å². The molecule has 0 atom stereocenters. The second-order valence-corrected chi connectivity index (χ2v) is 11.0. The molecule has 3 N–H and O–H groups in total. The summed E-state index contributed by atoms with van der Waals surface area (Å²) in [5.74, 6) is -1.12. The Morgan fingerprint density at radius 3 is 2.63 bits per heavy atom. The van der Waals surface area contributed by atoms with Crippen LogP contribution in [0.15, 0.2) is 34.8 Å². The normalized spacial score (nSPS) is 23.5. The topological polar surface area (TPSA) is 94.6 Å². The average molecular weight is 529 g/mol. The molecule has 0 radical (unpaired) electrons. The standard InChI is InChI=1S/C23H27F3N4O3S2/c1-34-21-28-10-18(35-21)22(33)7-5-17(6-8-22)30-12-16(13-30)29-19(31)11-27-20(32)14-3-2-4-15(9-14)23(24,25)26/h2-4,9-10,16-17,33H,5-8,11-13H2,1H3,(H,27,32)(H,29,31). The van der Waals surface area contributed by atoms with Crippen LogP contribution in [0.2, 0.25) is 0 Å². The molecule has 35 heavy (non-hydrogen) atoms. The Kier molecular flexibility index (Phi) is 7.74. The van der Waals surface area contributed by atoms with Crippen molar-refractivity contribution in [2.24, 2.45) is 0 Å². The van der Waals surface area contributed by atoms with Crippen LogP contribution in [0.4, 0.5) is 13.2 Å². The minimum Gasteiger partial charge on any atom is -0.384 e. The molecule has 2 fully saturated rings. The summed E-state index contributed by atoms with van der Waals surface area (Å²) in [4.78, 5) is 31.9. The predicted octanol–water partition coefficient (Wildman–Crippen LogP) is 3.24. The highest BCUT2D eigenvalue weighted by Crippen LogP contribution is 2.42. The fourth-order valence-corrected chi connectivity index (χ4v) is 6.09. The third-order valence-electron chi connectivity index (χ3n) is 6.55. The molecule has 1 aromatic heterocycles. The van der Waals surface area contributed by atoms with Crippen LogP contribution in [0.1, 0.15) is 46.5 Å². The third kappa shape index (κ3) is 6.16. The number of thiazole rings is 1. The highest BCUT2D eigenvalue weighted by molar-refractivity contribution is 8.00. The van der Waals surface area contributed by atoms with Crippen LogP contribution >= 0.6 is 23.1 Å². The SMILES string of the molecule is CSc1ncc(C2(O)CCC(N3CC(NC(=O)CNC(=O)c4cccc(C(F)(F)F)c4)C3)CC2)s1. The molecule has 190 valence electrons. The van der Waals surface area contributed by atoms with Gasteiger partial charge in [0.25, 0.3) is 5.91 Å². The lowest BCUT2D eigenvalue weighted by molar-refractivity contribution is -0.137. The Morgan fingerprint density at radius 1 is 1.29 bits per heavy atom. The van der Waals surface area contributed by atoms with Crippen LogP contribution in [0, 0.1) is 0 Å². The van der Waals surface area contributed by atoms with Crippen LogP contribution in [-0.2, 0) is 16.6 Å². The molecule has 0 unspecified atom stereocenters. The van der Waals surface area contributed by atoms with Gasteiger partial charge in [0.05, 0.1) is 23.0 Å². The minimum absolute atomic E-state index is 0.0422. The Balaban J connectivity index is 1.17. The smallest absolute Gasteiger partial charge is 0.384 e. The number of alkyl halides is 3. The number of amides is 2. The third-order valence-corrected chi connectivity index (χ3v) is 8.74. The number of likely N-dealkylation sites (tertiary alicyclic amines) is 1. The Labute approximate surface area is 209 Å². The molecule has 2 aromatic rings. The number of hydrogen-bond acceptors (Lipinski definition) is 7. The van der Waals surface area contributed by atoms with Gasteiger partial charge in [-0.1, -0.05) is 17.8 Å². The van der Waals surface area contributed by atoms with Crippen LogP contribution in [0.25, 0.3) is 0 Å². The van der Waals surface area contributed by atoms with E-state index in [1.807, 2.05) is 6.26 Å². The number of benzene rings is 1. The van der Waals surface area contributed by atoms with Crippen LogP contribution < -0.4 is 10.6 Å². The fourth-order valence-electron chi connectivity index (χ4n) is 4.54. The maximum Gasteiger partial charge on any atom is 0.416 e. The minimum atomic E-state index is -4.54. The van der Waals surface area contributed by atoms with Crippen molar-refractivity contribution < 1.29 is 27.9 Å². The van der Waals surface area contributed by atoms with Gasteiger partial charge in [0.1, 0.15) is 9.94 Å². The number of thioether (sulfide) groups is 1. The number of nitrogens with zero attached hydrogens (tertiary/aromatic N) is 2. The number of carbonyl (C=O) groups is 2. The van der Waals surface area contributed by atoms with Crippen LogP contribution in [-0.4, -0.2) is 64.8 Å². The Bertz CT molecular complexity index is 1060. The predicted molar refractivity (Wildman–Crippen MR) is 127 cm³/mol. The summed E-state index contributed by atoms with van der Waals surface area (Å²) in [6.45, 7) is 1.07. The van der Waals surface area contributed by atoms with E-state index in [0.717, 1.165) is 40.3 Å². The van der Waals surface area contributed by atoms with Crippen molar-refractivity contribution in [1.29, 1.82) is 0 Å². The van der Waals surface area contributed by atoms with E-state index in [1.54, 1.807) is 29.3 Å². The summed E-state index contributed by atoms with van der Waals surface area (Å²) < 4.78 is 39.4. The van der Waals surface area contributed by atoms with E-state index in [9.17, 15) is 27.9 Å². The molecule has 1 saturated carbocycles. The molecular formula is C23H27F3N4O3S2. The molecule has 1 aliphatic heterocycles. The van der Waals surface area contributed by atoms with Gasteiger partial charge in [0.2, 0.25) is 5.91 Å². The largest absolute Gasteiger partial charge is 0.416 e. The number of hydrogen-bond donors (Lipinski definition) is 3. The first-order valence-electron chi connectivity index (χ1n) is 11.3. The maximum absolute atomic E-state index is 12.8. The molecule has 2 aliphatic rings. The van der Waals surface area contributed by atoms with Gasteiger partial charge in [0, 0.05) is 30.9 Å². The lowest BCUT2D eigenvalue weighted by Crippen LogP contribution is -2.63. The van der Waals surface area contributed by atoms with Gasteiger partial charge in [-0.2, -0.15) is 13.2 Å². The number of aromatic nitrogens is 1. The summed E-state index contributed by atoms with van der Waals surface area (Å²) >= 11 is 3.11. The first kappa shape index (κ1) is 25.9. The Morgan fingerprint density at radius 2 is 2.00 bits per heavy atom. The summed E-state index contributed by atoms with van der Waals surface area (Å²) in [5, 5.41) is 16.3. The highest BCUT2D eigenvalue weighted by Gasteiger charge is 2.41. The molecule has 0 bridgehead atoms. The van der Waals surface area contributed by atoms with Gasteiger partial charge in [-0.25, -0.2) is 4.98 Å². The van der Waals surface area contributed by atoms with Gasteiger partial charge in [-0.05, 0) is 50.1 Å². The molecular weight excluding hydrogens is 501 g/mol. The number of rotatable bonds is 7. The monoisotopic (exact) mass is 528 g/mol. The lowest BCUT2D eigenvalue weighted by atomic mass is 9.80. The average Bonchev–Trinajstić information content (AvgIpc) is 3.30. The highest BCUT2D eigenvalue weighted by atomic mass is 32.2. The number of carbonyl (C=O) groups excluding carboxylic acids is 2. The molecule has 0 spiro atoms. The first-order chi connectivity index (χ1) is 16.6.